The summed E-state index contributed by atoms with van der Waals surface area (Å²) < 4.78 is 1.10. The molecule has 2 rings (SSSR count). The highest BCUT2D eigenvalue weighted by molar-refractivity contribution is 6.03. The fourth-order valence-electron chi connectivity index (χ4n) is 1.69. The molecule has 0 fully saturated rings. The van der Waals surface area contributed by atoms with Crippen molar-refractivity contribution in [2.24, 2.45) is 0 Å². The predicted octanol–water partition coefficient (Wildman–Crippen LogP) is 1.23. The first-order valence-corrected chi connectivity index (χ1v) is 5.97. The minimum atomic E-state index is -1.05. The van der Waals surface area contributed by atoms with Crippen molar-refractivity contribution < 1.29 is 14.7 Å². The zero-order chi connectivity index (χ0) is 14.7. The molecule has 0 aliphatic heterocycles. The van der Waals surface area contributed by atoms with E-state index in [9.17, 15) is 9.59 Å². The van der Waals surface area contributed by atoms with Gasteiger partial charge in [-0.1, -0.05) is 17.3 Å². The van der Waals surface area contributed by atoms with Crippen LogP contribution in [0.5, 0.6) is 0 Å². The standard InChI is InChI=1S/C13H14N4O3/c1-8-4-3-5-10(9(8)2)14-13(20)11-6-17(16-15-11)7-12(18)19/h3-6H,7H2,1-2H3,(H,14,20)(H,18,19). The fraction of sp³-hybridized carbons (Fsp3) is 0.231. The Hall–Kier alpha value is -2.70. The Bertz CT molecular complexity index is 663. The molecular weight excluding hydrogens is 260 g/mol. The second-order valence-corrected chi connectivity index (χ2v) is 4.40. The summed E-state index contributed by atoms with van der Waals surface area (Å²) in [5, 5.41) is 18.6. The highest BCUT2D eigenvalue weighted by atomic mass is 16.4. The quantitative estimate of drug-likeness (QED) is 0.874. The third-order valence-electron chi connectivity index (χ3n) is 2.92. The lowest BCUT2D eigenvalue weighted by Crippen LogP contribution is -2.13. The van der Waals surface area contributed by atoms with Crippen molar-refractivity contribution in [3.8, 4) is 0 Å². The van der Waals surface area contributed by atoms with E-state index < -0.39 is 11.9 Å². The summed E-state index contributed by atoms with van der Waals surface area (Å²) in [6, 6.07) is 5.59. The van der Waals surface area contributed by atoms with Gasteiger partial charge in [-0.05, 0) is 31.0 Å². The number of nitrogens with one attached hydrogen (secondary N) is 1. The predicted molar refractivity (Wildman–Crippen MR) is 71.5 cm³/mol. The van der Waals surface area contributed by atoms with Gasteiger partial charge in [0.25, 0.3) is 5.91 Å². The van der Waals surface area contributed by atoms with E-state index in [2.05, 4.69) is 15.6 Å². The maximum absolute atomic E-state index is 12.0. The number of aryl methyl sites for hydroxylation is 1. The van der Waals surface area contributed by atoms with Crippen LogP contribution in [0.4, 0.5) is 5.69 Å². The number of hydrogen-bond acceptors (Lipinski definition) is 4. The first-order valence-electron chi connectivity index (χ1n) is 5.97. The molecule has 0 aliphatic carbocycles. The molecule has 2 aromatic rings. The molecule has 1 aromatic heterocycles. The Kier molecular flexibility index (Phi) is 3.79. The topological polar surface area (TPSA) is 97.1 Å². The largest absolute Gasteiger partial charge is 0.480 e. The summed E-state index contributed by atoms with van der Waals surface area (Å²) in [5.74, 6) is -1.47. The van der Waals surface area contributed by atoms with Crippen molar-refractivity contribution in [3.63, 3.8) is 0 Å². The molecule has 0 unspecified atom stereocenters. The number of carbonyl (C=O) groups is 2. The van der Waals surface area contributed by atoms with E-state index in [0.717, 1.165) is 15.8 Å². The van der Waals surface area contributed by atoms with Gasteiger partial charge in [0.2, 0.25) is 0 Å². The van der Waals surface area contributed by atoms with Crippen molar-refractivity contribution in [3.05, 3.63) is 41.2 Å². The normalized spacial score (nSPS) is 10.3. The van der Waals surface area contributed by atoms with E-state index in [1.807, 2.05) is 26.0 Å². The first-order chi connectivity index (χ1) is 9.47. The molecule has 0 spiro atoms. The van der Waals surface area contributed by atoms with Crippen LogP contribution < -0.4 is 5.32 Å². The van der Waals surface area contributed by atoms with Crippen LogP contribution in [-0.2, 0) is 11.3 Å². The maximum Gasteiger partial charge on any atom is 0.325 e. The average molecular weight is 274 g/mol. The minimum Gasteiger partial charge on any atom is -0.480 e. The summed E-state index contributed by atoms with van der Waals surface area (Å²) in [5.41, 5.74) is 2.81. The van der Waals surface area contributed by atoms with Crippen molar-refractivity contribution in [2.75, 3.05) is 5.32 Å². The van der Waals surface area contributed by atoms with Gasteiger partial charge in [-0.3, -0.25) is 9.59 Å². The highest BCUT2D eigenvalue weighted by Gasteiger charge is 2.13. The van der Waals surface area contributed by atoms with Gasteiger partial charge in [0.1, 0.15) is 6.54 Å². The highest BCUT2D eigenvalue weighted by Crippen LogP contribution is 2.18. The van der Waals surface area contributed by atoms with E-state index in [1.54, 1.807) is 6.07 Å². The number of amides is 1. The molecule has 1 aromatic carbocycles. The number of carbonyl (C=O) groups excluding carboxylic acids is 1. The summed E-state index contributed by atoms with van der Waals surface area (Å²) in [6.45, 7) is 3.53. The van der Waals surface area contributed by atoms with Gasteiger partial charge in [-0.25, -0.2) is 4.68 Å². The lowest BCUT2D eigenvalue weighted by molar-refractivity contribution is -0.137. The third kappa shape index (κ3) is 3.00. The van der Waals surface area contributed by atoms with Crippen molar-refractivity contribution in [1.82, 2.24) is 15.0 Å². The van der Waals surface area contributed by atoms with Crippen LogP contribution in [0.2, 0.25) is 0 Å². The Morgan fingerprint density at radius 2 is 2.10 bits per heavy atom. The molecule has 7 heteroatoms. The molecule has 0 atom stereocenters. The van der Waals surface area contributed by atoms with Gasteiger partial charge in [0.05, 0.1) is 6.20 Å². The second-order valence-electron chi connectivity index (χ2n) is 4.40. The Morgan fingerprint density at radius 1 is 1.35 bits per heavy atom. The number of anilines is 1. The zero-order valence-corrected chi connectivity index (χ0v) is 11.1. The fourth-order valence-corrected chi connectivity index (χ4v) is 1.69. The number of carboxylic acids is 1. The molecule has 104 valence electrons. The van der Waals surface area contributed by atoms with Crippen molar-refractivity contribution in [2.45, 2.75) is 20.4 Å². The minimum absolute atomic E-state index is 0.0761. The average Bonchev–Trinajstić information content (AvgIpc) is 2.82. The molecule has 0 aliphatic rings. The summed E-state index contributed by atoms with van der Waals surface area (Å²) in [4.78, 5) is 22.5. The number of hydrogen-bond donors (Lipinski definition) is 2. The molecule has 0 saturated carbocycles. The number of carboxylic acid groups (broad SMARTS) is 1. The summed E-state index contributed by atoms with van der Waals surface area (Å²) in [7, 11) is 0. The maximum atomic E-state index is 12.0. The number of benzene rings is 1. The second kappa shape index (κ2) is 5.52. The van der Waals surface area contributed by atoms with E-state index in [1.165, 1.54) is 6.20 Å². The van der Waals surface area contributed by atoms with Crippen LogP contribution in [0.15, 0.2) is 24.4 Å². The number of aromatic nitrogens is 3. The van der Waals surface area contributed by atoms with Crippen LogP contribution in [0, 0.1) is 13.8 Å². The van der Waals surface area contributed by atoms with Crippen LogP contribution in [-0.4, -0.2) is 32.0 Å². The zero-order valence-electron chi connectivity index (χ0n) is 11.1. The van der Waals surface area contributed by atoms with Gasteiger partial charge < -0.3 is 10.4 Å². The smallest absolute Gasteiger partial charge is 0.325 e. The van der Waals surface area contributed by atoms with Gasteiger partial charge in [-0.15, -0.1) is 5.10 Å². The number of nitrogens with zero attached hydrogens (tertiary/aromatic N) is 3. The van der Waals surface area contributed by atoms with Crippen LogP contribution in [0.3, 0.4) is 0 Å². The lowest BCUT2D eigenvalue weighted by Gasteiger charge is -2.08. The molecule has 1 amide bonds. The van der Waals surface area contributed by atoms with E-state index in [-0.39, 0.29) is 12.2 Å². The Balaban J connectivity index is 2.14. The van der Waals surface area contributed by atoms with Crippen LogP contribution in [0.25, 0.3) is 0 Å². The first kappa shape index (κ1) is 13.7. The van der Waals surface area contributed by atoms with Crippen molar-refractivity contribution >= 4 is 17.6 Å². The molecule has 7 nitrogen and oxygen atoms in total. The van der Waals surface area contributed by atoms with E-state index in [0.29, 0.717) is 5.69 Å². The third-order valence-corrected chi connectivity index (χ3v) is 2.92. The lowest BCUT2D eigenvalue weighted by atomic mass is 10.1. The number of rotatable bonds is 4. The molecule has 0 bridgehead atoms. The van der Waals surface area contributed by atoms with Gasteiger partial charge in [0, 0.05) is 5.69 Å². The SMILES string of the molecule is Cc1cccc(NC(=O)c2cn(CC(=O)O)nn2)c1C. The van der Waals surface area contributed by atoms with Crippen LogP contribution in [0.1, 0.15) is 21.6 Å². The van der Waals surface area contributed by atoms with Gasteiger partial charge >= 0.3 is 5.97 Å². The Labute approximate surface area is 115 Å². The molecule has 0 radical (unpaired) electrons. The number of aliphatic carboxylic acids is 1. The molecule has 20 heavy (non-hydrogen) atoms. The summed E-state index contributed by atoms with van der Waals surface area (Å²) >= 11 is 0. The van der Waals surface area contributed by atoms with E-state index in [4.69, 9.17) is 5.11 Å². The Morgan fingerprint density at radius 3 is 2.80 bits per heavy atom. The molecule has 2 N–H and O–H groups in total. The summed E-state index contributed by atoms with van der Waals surface area (Å²) in [6.07, 6.45) is 1.30. The van der Waals surface area contributed by atoms with Crippen molar-refractivity contribution in [1.29, 1.82) is 0 Å². The molecule has 0 saturated heterocycles. The molecular formula is C13H14N4O3. The van der Waals surface area contributed by atoms with Gasteiger partial charge in [0.15, 0.2) is 5.69 Å². The van der Waals surface area contributed by atoms with Gasteiger partial charge in [-0.2, -0.15) is 0 Å². The monoisotopic (exact) mass is 274 g/mol. The molecule has 1 heterocycles. The van der Waals surface area contributed by atoms with Crippen LogP contribution >= 0.6 is 0 Å². The van der Waals surface area contributed by atoms with E-state index >= 15 is 0 Å².